The SMILES string of the molecule is CC(C)(C)OC(=O)C1(CN)CCCCC1. The standard InChI is InChI=1S/C12H23NO2/c1-11(2,3)15-10(14)12(9-13)7-5-4-6-8-12/h4-9,13H2,1-3H3. The Labute approximate surface area is 92.4 Å². The lowest BCUT2D eigenvalue weighted by Gasteiger charge is -2.36. The molecule has 1 aliphatic carbocycles. The summed E-state index contributed by atoms with van der Waals surface area (Å²) >= 11 is 0. The Morgan fingerprint density at radius 1 is 1.27 bits per heavy atom. The molecule has 88 valence electrons. The average molecular weight is 213 g/mol. The summed E-state index contributed by atoms with van der Waals surface area (Å²) in [7, 11) is 0. The van der Waals surface area contributed by atoms with Crippen molar-refractivity contribution >= 4 is 5.97 Å². The molecular weight excluding hydrogens is 190 g/mol. The maximum Gasteiger partial charge on any atom is 0.313 e. The van der Waals surface area contributed by atoms with Gasteiger partial charge in [-0.2, -0.15) is 0 Å². The number of ether oxygens (including phenoxy) is 1. The van der Waals surface area contributed by atoms with Crippen molar-refractivity contribution in [3.05, 3.63) is 0 Å². The van der Waals surface area contributed by atoms with E-state index in [-0.39, 0.29) is 5.97 Å². The third-order valence-electron chi connectivity index (χ3n) is 3.03. The monoisotopic (exact) mass is 213 g/mol. The second kappa shape index (κ2) is 4.52. The molecule has 1 fully saturated rings. The predicted molar refractivity (Wildman–Crippen MR) is 60.4 cm³/mol. The molecule has 0 heterocycles. The molecular formula is C12H23NO2. The Kier molecular flexibility index (Phi) is 3.77. The molecule has 0 unspecified atom stereocenters. The van der Waals surface area contributed by atoms with Crippen LogP contribution in [0.5, 0.6) is 0 Å². The predicted octanol–water partition coefficient (Wildman–Crippen LogP) is 2.24. The molecule has 3 nitrogen and oxygen atoms in total. The minimum Gasteiger partial charge on any atom is -0.460 e. The van der Waals surface area contributed by atoms with Gasteiger partial charge in [0.2, 0.25) is 0 Å². The number of hydrogen-bond acceptors (Lipinski definition) is 3. The van der Waals surface area contributed by atoms with Crippen LogP contribution in [0.2, 0.25) is 0 Å². The van der Waals surface area contributed by atoms with E-state index in [0.29, 0.717) is 6.54 Å². The molecule has 1 saturated carbocycles. The van der Waals surface area contributed by atoms with Crippen molar-refractivity contribution in [2.24, 2.45) is 11.1 Å². The number of carbonyl (C=O) groups is 1. The lowest BCUT2D eigenvalue weighted by atomic mass is 9.74. The molecule has 0 spiro atoms. The minimum atomic E-state index is -0.406. The van der Waals surface area contributed by atoms with E-state index in [1.165, 1.54) is 6.42 Å². The van der Waals surface area contributed by atoms with Gasteiger partial charge in [-0.05, 0) is 33.6 Å². The number of hydrogen-bond donors (Lipinski definition) is 1. The normalized spacial score (nSPS) is 21.1. The molecule has 0 aliphatic heterocycles. The topological polar surface area (TPSA) is 52.3 Å². The average Bonchev–Trinajstić information content (AvgIpc) is 2.16. The first-order valence-corrected chi connectivity index (χ1v) is 5.83. The van der Waals surface area contributed by atoms with E-state index in [1.54, 1.807) is 0 Å². The van der Waals surface area contributed by atoms with Crippen molar-refractivity contribution in [1.82, 2.24) is 0 Å². The van der Waals surface area contributed by atoms with Crippen LogP contribution in [0.25, 0.3) is 0 Å². The van der Waals surface area contributed by atoms with Crippen molar-refractivity contribution in [3.8, 4) is 0 Å². The molecule has 3 heteroatoms. The van der Waals surface area contributed by atoms with Gasteiger partial charge < -0.3 is 10.5 Å². The maximum atomic E-state index is 12.1. The van der Waals surface area contributed by atoms with Crippen molar-refractivity contribution in [2.75, 3.05) is 6.54 Å². The van der Waals surface area contributed by atoms with E-state index in [4.69, 9.17) is 10.5 Å². The number of esters is 1. The fourth-order valence-corrected chi connectivity index (χ4v) is 2.11. The van der Waals surface area contributed by atoms with Gasteiger partial charge in [-0.15, -0.1) is 0 Å². The van der Waals surface area contributed by atoms with Gasteiger partial charge in [0.1, 0.15) is 5.60 Å². The van der Waals surface area contributed by atoms with E-state index in [0.717, 1.165) is 25.7 Å². The number of rotatable bonds is 2. The highest BCUT2D eigenvalue weighted by atomic mass is 16.6. The van der Waals surface area contributed by atoms with Crippen LogP contribution in [0.4, 0.5) is 0 Å². The second-order valence-corrected chi connectivity index (χ2v) is 5.55. The third-order valence-corrected chi connectivity index (χ3v) is 3.03. The minimum absolute atomic E-state index is 0.0998. The van der Waals surface area contributed by atoms with Gasteiger partial charge in [0, 0.05) is 6.54 Å². The highest BCUT2D eigenvalue weighted by Crippen LogP contribution is 2.37. The van der Waals surface area contributed by atoms with Crippen LogP contribution in [0, 0.1) is 5.41 Å². The van der Waals surface area contributed by atoms with E-state index < -0.39 is 11.0 Å². The first kappa shape index (κ1) is 12.5. The Bertz CT molecular complexity index is 224. The van der Waals surface area contributed by atoms with Crippen LogP contribution in [-0.2, 0) is 9.53 Å². The summed E-state index contributed by atoms with van der Waals surface area (Å²) in [6.45, 7) is 6.12. The zero-order valence-corrected chi connectivity index (χ0v) is 10.1. The molecule has 0 aromatic carbocycles. The lowest BCUT2D eigenvalue weighted by Crippen LogP contribution is -2.44. The van der Waals surface area contributed by atoms with Crippen LogP contribution in [-0.4, -0.2) is 18.1 Å². The quantitative estimate of drug-likeness (QED) is 0.716. The molecule has 0 radical (unpaired) electrons. The molecule has 1 aliphatic rings. The van der Waals surface area contributed by atoms with Gasteiger partial charge in [0.05, 0.1) is 5.41 Å². The molecule has 1 rings (SSSR count). The summed E-state index contributed by atoms with van der Waals surface area (Å²) < 4.78 is 5.45. The lowest BCUT2D eigenvalue weighted by molar-refractivity contribution is -0.169. The molecule has 2 N–H and O–H groups in total. The van der Waals surface area contributed by atoms with Crippen LogP contribution in [0.3, 0.4) is 0 Å². The van der Waals surface area contributed by atoms with Crippen LogP contribution >= 0.6 is 0 Å². The van der Waals surface area contributed by atoms with Crippen LogP contribution in [0.15, 0.2) is 0 Å². The molecule has 0 aromatic rings. The summed E-state index contributed by atoms with van der Waals surface area (Å²) in [5, 5.41) is 0. The number of nitrogens with two attached hydrogens (primary N) is 1. The largest absolute Gasteiger partial charge is 0.460 e. The highest BCUT2D eigenvalue weighted by molar-refractivity contribution is 5.77. The molecule has 0 atom stereocenters. The summed E-state index contributed by atoms with van der Waals surface area (Å²) in [6.07, 6.45) is 5.17. The Hall–Kier alpha value is -0.570. The Morgan fingerprint density at radius 3 is 2.20 bits per heavy atom. The zero-order chi connectivity index (χ0) is 11.5. The third kappa shape index (κ3) is 3.20. The van der Waals surface area contributed by atoms with Crippen molar-refractivity contribution in [1.29, 1.82) is 0 Å². The smallest absolute Gasteiger partial charge is 0.313 e. The first-order chi connectivity index (χ1) is 6.90. The van der Waals surface area contributed by atoms with Crippen LogP contribution in [0.1, 0.15) is 52.9 Å². The molecule has 15 heavy (non-hydrogen) atoms. The van der Waals surface area contributed by atoms with Crippen molar-refractivity contribution < 1.29 is 9.53 Å². The molecule has 0 aromatic heterocycles. The van der Waals surface area contributed by atoms with Crippen LogP contribution < -0.4 is 5.73 Å². The molecule has 0 saturated heterocycles. The fraction of sp³-hybridized carbons (Fsp3) is 0.917. The van der Waals surface area contributed by atoms with E-state index in [9.17, 15) is 4.79 Å². The van der Waals surface area contributed by atoms with Gasteiger partial charge in [-0.3, -0.25) is 4.79 Å². The molecule has 0 bridgehead atoms. The maximum absolute atomic E-state index is 12.1. The summed E-state index contributed by atoms with van der Waals surface area (Å²) in [4.78, 5) is 12.1. The second-order valence-electron chi connectivity index (χ2n) is 5.55. The van der Waals surface area contributed by atoms with Gasteiger partial charge in [0.25, 0.3) is 0 Å². The zero-order valence-electron chi connectivity index (χ0n) is 10.1. The van der Waals surface area contributed by atoms with Gasteiger partial charge in [-0.1, -0.05) is 19.3 Å². The van der Waals surface area contributed by atoms with Gasteiger partial charge in [0.15, 0.2) is 0 Å². The van der Waals surface area contributed by atoms with E-state index in [1.807, 2.05) is 20.8 Å². The molecule has 0 amide bonds. The first-order valence-electron chi connectivity index (χ1n) is 5.83. The van der Waals surface area contributed by atoms with Gasteiger partial charge >= 0.3 is 5.97 Å². The van der Waals surface area contributed by atoms with E-state index >= 15 is 0 Å². The summed E-state index contributed by atoms with van der Waals surface area (Å²) in [5.74, 6) is -0.0998. The van der Waals surface area contributed by atoms with Gasteiger partial charge in [-0.25, -0.2) is 0 Å². The fourth-order valence-electron chi connectivity index (χ4n) is 2.11. The Balaban J connectivity index is 2.68. The summed E-state index contributed by atoms with van der Waals surface area (Å²) in [6, 6.07) is 0. The summed E-state index contributed by atoms with van der Waals surface area (Å²) in [5.41, 5.74) is 4.95. The van der Waals surface area contributed by atoms with E-state index in [2.05, 4.69) is 0 Å². The number of carbonyl (C=O) groups excluding carboxylic acids is 1. The van der Waals surface area contributed by atoms with Crippen molar-refractivity contribution in [3.63, 3.8) is 0 Å². The Morgan fingerprint density at radius 2 is 1.80 bits per heavy atom. The highest BCUT2D eigenvalue weighted by Gasteiger charge is 2.41. The van der Waals surface area contributed by atoms with Crippen molar-refractivity contribution in [2.45, 2.75) is 58.5 Å².